The van der Waals surface area contributed by atoms with Gasteiger partial charge in [-0.2, -0.15) is 0 Å². The van der Waals surface area contributed by atoms with Gasteiger partial charge in [-0.05, 0) is 162 Å². The molecule has 0 aromatic carbocycles. The van der Waals surface area contributed by atoms with Crippen molar-refractivity contribution in [3.63, 3.8) is 0 Å². The molecule has 8 N–H and O–H groups in total. The van der Waals surface area contributed by atoms with Crippen molar-refractivity contribution in [2.45, 2.75) is 260 Å². The molecule has 2 saturated carbocycles. The van der Waals surface area contributed by atoms with Crippen molar-refractivity contribution in [3.8, 4) is 0 Å². The van der Waals surface area contributed by atoms with Crippen LogP contribution in [0.5, 0.6) is 0 Å². The lowest BCUT2D eigenvalue weighted by Gasteiger charge is -2.34. The molecule has 2 saturated heterocycles. The fourth-order valence-corrected chi connectivity index (χ4v) is 9.89. The summed E-state index contributed by atoms with van der Waals surface area (Å²) < 4.78 is 16.6. The number of nitrogens with two attached hydrogens (primary N) is 1. The highest BCUT2D eigenvalue weighted by atomic mass is 35.6. The van der Waals surface area contributed by atoms with E-state index in [0.29, 0.717) is 38.6 Å². The minimum Gasteiger partial charge on any atom is -0.481 e. The van der Waals surface area contributed by atoms with Gasteiger partial charge in [0, 0.05) is 42.4 Å². The highest BCUT2D eigenvalue weighted by molar-refractivity contribution is 6.68. The number of ether oxygens (including phenoxy) is 4. The first kappa shape index (κ1) is 87.3. The van der Waals surface area contributed by atoms with E-state index < -0.39 is 103 Å². The quantitative estimate of drug-likeness (QED) is 0.0132. The third-order valence-corrected chi connectivity index (χ3v) is 14.3. The van der Waals surface area contributed by atoms with Crippen LogP contribution in [0, 0.1) is 11.3 Å². The maximum Gasteiger partial charge on any atom is 0.408 e. The average Bonchev–Trinajstić information content (AvgIpc) is 0.927. The van der Waals surface area contributed by atoms with Crippen molar-refractivity contribution in [2.75, 3.05) is 39.4 Å². The van der Waals surface area contributed by atoms with Crippen LogP contribution in [0.1, 0.15) is 199 Å². The summed E-state index contributed by atoms with van der Waals surface area (Å²) in [5.41, 5.74) is 20.5. The molecule has 0 aromatic rings. The van der Waals surface area contributed by atoms with Crippen molar-refractivity contribution >= 4 is 123 Å². The van der Waals surface area contributed by atoms with Gasteiger partial charge in [0.15, 0.2) is 0 Å². The molecule has 0 spiro atoms. The maximum atomic E-state index is 12.9. The van der Waals surface area contributed by atoms with Crippen molar-refractivity contribution in [1.82, 2.24) is 36.8 Å². The number of alkyl carbamates (subject to hydrolysis) is 1. The average molecular weight is 1430 g/mol. The first-order valence-corrected chi connectivity index (χ1v) is 32.9. The summed E-state index contributed by atoms with van der Waals surface area (Å²) in [6, 6.07) is -2.41. The number of amides is 5. The third-order valence-electron chi connectivity index (χ3n) is 13.7. The second-order valence-corrected chi connectivity index (χ2v) is 30.9. The molecule has 2 heterocycles. The normalized spacial score (nSPS) is 18.6. The Kier molecular flexibility index (Phi) is 41.1. The van der Waals surface area contributed by atoms with E-state index in [1.54, 1.807) is 48.5 Å². The summed E-state index contributed by atoms with van der Waals surface area (Å²) in [5, 5.41) is 28.4. The second kappa shape index (κ2) is 43.4. The molecule has 92 heavy (non-hydrogen) atoms. The van der Waals surface area contributed by atoms with Crippen molar-refractivity contribution in [1.29, 1.82) is 0 Å². The number of halogens is 6. The van der Waals surface area contributed by atoms with Gasteiger partial charge in [0.25, 0.3) is 11.8 Å². The SMILES string of the molecule is C.C1CCC([NH2+]C2CCCCC2)CC1.CC(C)(C)OC(=O)C[C@@H](CCN=[N+]=[N-])C(=O)O.C[C@H](NC(=O)CC(C)(C)C)C(=O)N1CCC[C@@H](C(=O)OCC(Cl)(Cl)Cl)N1.C[C@H](NC(=O)[C@H](CCN=[N+]=[N-])NC(=O)OC(C)(C)C)C(=O)N1CCC[C@@H](C(=O)OCC(Cl)(Cl)Cl)N1. The van der Waals surface area contributed by atoms with Crippen LogP contribution in [0.2, 0.25) is 0 Å². The van der Waals surface area contributed by atoms with Gasteiger partial charge in [-0.1, -0.05) is 121 Å². The number of alkyl halides is 6. The molecule has 528 valence electrons. The van der Waals surface area contributed by atoms with Gasteiger partial charge < -0.3 is 45.3 Å². The van der Waals surface area contributed by atoms with E-state index in [4.69, 9.17) is 105 Å². The van der Waals surface area contributed by atoms with Gasteiger partial charge in [0.1, 0.15) is 54.6 Å². The number of nitrogens with zero attached hydrogens (tertiary/aromatic N) is 8. The smallest absolute Gasteiger partial charge is 0.408 e. The zero-order chi connectivity index (χ0) is 69.3. The number of quaternary nitrogens is 1. The third kappa shape index (κ3) is 41.9. The number of azide groups is 2. The highest BCUT2D eigenvalue weighted by Crippen LogP contribution is 2.28. The van der Waals surface area contributed by atoms with Crippen LogP contribution in [0.4, 0.5) is 4.79 Å². The Morgan fingerprint density at radius 2 is 1.02 bits per heavy atom. The Morgan fingerprint density at radius 1 is 0.609 bits per heavy atom. The molecule has 4 fully saturated rings. The molecule has 6 atom stereocenters. The zero-order valence-electron chi connectivity index (χ0n) is 54.3. The number of aliphatic carboxylic acids is 1. The number of hydrogen-bond acceptors (Lipinski definition) is 17. The standard InChI is InChI=1S/C19H30Cl3N7O6.C16H26Cl3N3O4.C12H23N.C10H17N3O4.CH4/c1-11(15(31)29-9-5-6-13(27-29)16(32)34-10-19(20,21)22)25-14(30)12(7-8-24-28-23)26-17(33)35-18(2,3)4;1-10(20-12(23)8-15(2,3)4)13(24)22-7-5-6-11(21-22)14(25)26-9-16(17,18)19;1-3-7-11(8-4-1)13-12-9-5-2-6-10-12;1-10(2,3)17-8(14)6-7(9(15)16)4-5-12-13-11;/h11-13,27H,5-10H2,1-4H3,(H,25,30)(H,26,33);10-11,21H,5-9H2,1-4H3,(H,20,23);11-13H,1-10H2;7H,4-6H2,1-3H3,(H,15,16);1H4/p+1/t11-,12-,13-;10-,11-;;7-;/m00.1./s1. The number of hydrazine groups is 2. The molecule has 34 heteroatoms. The molecule has 5 amide bonds. The van der Waals surface area contributed by atoms with E-state index in [-0.39, 0.29) is 70.2 Å². The molecule has 0 radical (unpaired) electrons. The van der Waals surface area contributed by atoms with Crippen molar-refractivity contribution in [3.05, 3.63) is 20.9 Å². The van der Waals surface area contributed by atoms with Gasteiger partial charge in [0.05, 0.1) is 24.4 Å². The topological polar surface area (TPSA) is 392 Å². The molecule has 28 nitrogen and oxygen atoms in total. The molecule has 4 rings (SSSR count). The van der Waals surface area contributed by atoms with Crippen LogP contribution in [-0.4, -0.2) is 169 Å². The number of nitrogens with one attached hydrogen (secondary N) is 5. The van der Waals surface area contributed by atoms with Gasteiger partial charge >= 0.3 is 30.0 Å². The Balaban J connectivity index is 0.00000127. The highest BCUT2D eigenvalue weighted by Gasteiger charge is 2.36. The van der Waals surface area contributed by atoms with Crippen molar-refractivity contribution < 1.29 is 72.5 Å². The first-order valence-electron chi connectivity index (χ1n) is 30.6. The van der Waals surface area contributed by atoms with Crippen LogP contribution >= 0.6 is 69.6 Å². The molecule has 2 aliphatic heterocycles. The Hall–Kier alpha value is -4.73. The molecule has 4 aliphatic rings. The molecule has 0 bridgehead atoms. The fraction of sp³-hybridized carbons (Fsp3) is 0.845. The van der Waals surface area contributed by atoms with Crippen LogP contribution in [0.15, 0.2) is 10.2 Å². The van der Waals surface area contributed by atoms with E-state index in [0.717, 1.165) is 12.1 Å². The molecular weight excluding hydrogens is 1330 g/mol. The molecule has 0 unspecified atom stereocenters. The van der Waals surface area contributed by atoms with E-state index >= 15 is 0 Å². The van der Waals surface area contributed by atoms with Gasteiger partial charge in [0.2, 0.25) is 19.4 Å². The fourth-order valence-electron chi connectivity index (χ4n) is 9.56. The summed E-state index contributed by atoms with van der Waals surface area (Å²) in [7, 11) is 0. The number of rotatable bonds is 22. The first-order chi connectivity index (χ1) is 42.1. The number of carboxylic acid groups (broad SMARTS) is 1. The monoisotopic (exact) mass is 1430 g/mol. The van der Waals surface area contributed by atoms with Crippen LogP contribution in [0.3, 0.4) is 0 Å². The number of carbonyl (C=O) groups excluding carboxylic acids is 8. The minimum absolute atomic E-state index is 0. The lowest BCUT2D eigenvalue weighted by atomic mass is 9.91. The van der Waals surface area contributed by atoms with E-state index in [1.165, 1.54) is 81.1 Å². The second-order valence-electron chi connectivity index (χ2n) is 25.8. The van der Waals surface area contributed by atoms with E-state index in [9.17, 15) is 43.2 Å². The van der Waals surface area contributed by atoms with Crippen molar-refractivity contribution in [2.24, 2.45) is 21.6 Å². The van der Waals surface area contributed by atoms with Gasteiger partial charge in [-0.25, -0.2) is 15.6 Å². The number of hydrogen-bond donors (Lipinski definition) is 7. The summed E-state index contributed by atoms with van der Waals surface area (Å²) in [6.45, 7) is 18.9. The molecule has 0 aromatic heterocycles. The van der Waals surface area contributed by atoms with Crippen LogP contribution < -0.4 is 32.1 Å². The Labute approximate surface area is 571 Å². The van der Waals surface area contributed by atoms with E-state index in [1.807, 2.05) is 20.8 Å². The van der Waals surface area contributed by atoms with Crippen LogP contribution in [0.25, 0.3) is 20.9 Å². The van der Waals surface area contributed by atoms with Gasteiger partial charge in [-0.3, -0.25) is 48.4 Å². The largest absolute Gasteiger partial charge is 0.481 e. The number of esters is 3. The lowest BCUT2D eigenvalue weighted by molar-refractivity contribution is -0.725. The number of carbonyl (C=O) groups is 9. The van der Waals surface area contributed by atoms with Crippen LogP contribution in [-0.2, 0) is 57.3 Å². The minimum atomic E-state index is -1.76. The maximum absolute atomic E-state index is 12.9. The zero-order valence-corrected chi connectivity index (χ0v) is 58.8. The Bertz CT molecular complexity index is 2420. The Morgan fingerprint density at radius 3 is 1.40 bits per heavy atom. The summed E-state index contributed by atoms with van der Waals surface area (Å²) in [5.74, 6) is -5.56. The molecular formula is C58H101Cl6N14O14+. The predicted octanol–water partition coefficient (Wildman–Crippen LogP) is 9.80. The summed E-state index contributed by atoms with van der Waals surface area (Å²) >= 11 is 33.4. The number of carboxylic acids is 1. The summed E-state index contributed by atoms with van der Waals surface area (Å²) in [4.78, 5) is 114. The molecule has 2 aliphatic carbocycles. The predicted molar refractivity (Wildman–Crippen MR) is 352 cm³/mol. The van der Waals surface area contributed by atoms with Gasteiger partial charge in [-0.15, -0.1) is 0 Å². The van der Waals surface area contributed by atoms with E-state index in [2.05, 4.69) is 52.2 Å². The lowest BCUT2D eigenvalue weighted by Crippen LogP contribution is -2.95. The summed E-state index contributed by atoms with van der Waals surface area (Å²) in [6.07, 6.45) is 16.3.